The number of halogens is 1. The second-order valence-electron chi connectivity index (χ2n) is 5.61. The first-order valence-electron chi connectivity index (χ1n) is 7.29. The van der Waals surface area contributed by atoms with Gasteiger partial charge in [0.05, 0.1) is 5.69 Å². The van der Waals surface area contributed by atoms with Gasteiger partial charge in [-0.3, -0.25) is 4.79 Å². The zero-order chi connectivity index (χ0) is 15.1. The van der Waals surface area contributed by atoms with Crippen LogP contribution in [0.5, 0.6) is 0 Å². The third kappa shape index (κ3) is 2.29. The molecule has 4 rings (SSSR count). The zero-order valence-electron chi connectivity index (χ0n) is 11.8. The van der Waals surface area contributed by atoms with Gasteiger partial charge < -0.3 is 5.32 Å². The lowest BCUT2D eigenvalue weighted by atomic mass is 9.83. The molecular weight excluding hydrogens is 385 g/mol. The van der Waals surface area contributed by atoms with Gasteiger partial charge in [0.15, 0.2) is 0 Å². The van der Waals surface area contributed by atoms with Gasteiger partial charge in [-0.05, 0) is 51.2 Å². The molecular formula is C19H14INO. The summed E-state index contributed by atoms with van der Waals surface area (Å²) in [5, 5.41) is 5.35. The van der Waals surface area contributed by atoms with Crippen molar-refractivity contribution in [2.75, 3.05) is 5.32 Å². The van der Waals surface area contributed by atoms with Crippen molar-refractivity contribution in [2.24, 2.45) is 0 Å². The number of carbonyl (C=O) groups excluding carboxylic acids is 1. The van der Waals surface area contributed by atoms with Crippen molar-refractivity contribution in [3.05, 3.63) is 75.4 Å². The average molecular weight is 399 g/mol. The quantitative estimate of drug-likeness (QED) is 0.579. The molecule has 1 aliphatic heterocycles. The van der Waals surface area contributed by atoms with Crippen LogP contribution in [-0.2, 0) is 4.79 Å². The van der Waals surface area contributed by atoms with E-state index in [1.165, 1.54) is 14.7 Å². The Labute approximate surface area is 142 Å². The van der Waals surface area contributed by atoms with Crippen LogP contribution in [0.4, 0.5) is 5.69 Å². The molecule has 108 valence electrons. The standard InChI is InChI=1S/C19H14INO/c20-14-6-3-5-13(10-14)17-11-18(22)21-19-15-7-2-1-4-12(15)8-9-16(17)19/h1-10,17H,11H2,(H,21,22)/t17-/m1/s1. The SMILES string of the molecule is O=C1C[C@H](c2cccc(I)c2)c2ccc3ccccc3c2N1. The molecule has 1 N–H and O–H groups in total. The second-order valence-corrected chi connectivity index (χ2v) is 6.86. The molecule has 0 aliphatic carbocycles. The van der Waals surface area contributed by atoms with Crippen molar-refractivity contribution in [1.29, 1.82) is 0 Å². The predicted octanol–water partition coefficient (Wildman–Crippen LogP) is 4.92. The topological polar surface area (TPSA) is 29.1 Å². The molecule has 2 nitrogen and oxygen atoms in total. The van der Waals surface area contributed by atoms with Gasteiger partial charge in [0.25, 0.3) is 0 Å². The fourth-order valence-electron chi connectivity index (χ4n) is 3.22. The second kappa shape index (κ2) is 5.39. The summed E-state index contributed by atoms with van der Waals surface area (Å²) in [6, 6.07) is 20.9. The van der Waals surface area contributed by atoms with E-state index in [1.54, 1.807) is 0 Å². The van der Waals surface area contributed by atoms with Gasteiger partial charge >= 0.3 is 0 Å². The van der Waals surface area contributed by atoms with Crippen LogP contribution in [0.2, 0.25) is 0 Å². The van der Waals surface area contributed by atoms with Gasteiger partial charge in [-0.2, -0.15) is 0 Å². The fourth-order valence-corrected chi connectivity index (χ4v) is 3.79. The number of fused-ring (bicyclic) bond motifs is 3. The van der Waals surface area contributed by atoms with Crippen molar-refractivity contribution < 1.29 is 4.79 Å². The number of nitrogens with one attached hydrogen (secondary N) is 1. The van der Waals surface area contributed by atoms with Gasteiger partial charge in [-0.1, -0.05) is 48.5 Å². The Hall–Kier alpha value is -1.88. The Morgan fingerprint density at radius 3 is 2.73 bits per heavy atom. The monoisotopic (exact) mass is 399 g/mol. The lowest BCUT2D eigenvalue weighted by Gasteiger charge is -2.27. The highest BCUT2D eigenvalue weighted by Crippen LogP contribution is 2.41. The maximum atomic E-state index is 12.2. The number of hydrogen-bond donors (Lipinski definition) is 1. The normalized spacial score (nSPS) is 17.1. The predicted molar refractivity (Wildman–Crippen MR) is 98.2 cm³/mol. The van der Waals surface area contributed by atoms with Crippen LogP contribution in [0.1, 0.15) is 23.5 Å². The smallest absolute Gasteiger partial charge is 0.225 e. The summed E-state index contributed by atoms with van der Waals surface area (Å²) in [6.45, 7) is 0. The summed E-state index contributed by atoms with van der Waals surface area (Å²) < 4.78 is 1.20. The molecule has 0 spiro atoms. The molecule has 22 heavy (non-hydrogen) atoms. The minimum atomic E-state index is 0.0905. The van der Waals surface area contributed by atoms with Crippen LogP contribution in [0, 0.1) is 3.57 Å². The summed E-state index contributed by atoms with van der Waals surface area (Å²) in [4.78, 5) is 12.2. The molecule has 0 saturated heterocycles. The zero-order valence-corrected chi connectivity index (χ0v) is 14.0. The van der Waals surface area contributed by atoms with Crippen LogP contribution < -0.4 is 5.32 Å². The maximum absolute atomic E-state index is 12.2. The van der Waals surface area contributed by atoms with Crippen LogP contribution in [0.25, 0.3) is 10.8 Å². The Morgan fingerprint density at radius 2 is 1.86 bits per heavy atom. The van der Waals surface area contributed by atoms with Crippen LogP contribution in [0.15, 0.2) is 60.7 Å². The van der Waals surface area contributed by atoms with E-state index >= 15 is 0 Å². The lowest BCUT2D eigenvalue weighted by Crippen LogP contribution is -2.23. The van der Waals surface area contributed by atoms with Crippen molar-refractivity contribution >= 4 is 45.0 Å². The van der Waals surface area contributed by atoms with Gasteiger partial charge in [0.2, 0.25) is 5.91 Å². The Balaban J connectivity index is 1.94. The molecule has 3 heteroatoms. The Morgan fingerprint density at radius 1 is 1.00 bits per heavy atom. The van der Waals surface area contributed by atoms with E-state index in [0.717, 1.165) is 16.5 Å². The van der Waals surface area contributed by atoms with Crippen LogP contribution in [-0.4, -0.2) is 5.91 Å². The van der Waals surface area contributed by atoms with Crippen LogP contribution in [0.3, 0.4) is 0 Å². The molecule has 1 amide bonds. The molecule has 0 radical (unpaired) electrons. The summed E-state index contributed by atoms with van der Waals surface area (Å²) in [7, 11) is 0. The summed E-state index contributed by atoms with van der Waals surface area (Å²) in [5.74, 6) is 0.218. The van der Waals surface area contributed by atoms with E-state index in [2.05, 4.69) is 76.4 Å². The Kier molecular flexibility index (Phi) is 3.37. The number of carbonyl (C=O) groups is 1. The molecule has 1 atom stereocenters. The number of benzene rings is 3. The first-order chi connectivity index (χ1) is 10.7. The largest absolute Gasteiger partial charge is 0.325 e. The molecule has 0 saturated carbocycles. The van der Waals surface area contributed by atoms with Gasteiger partial charge in [0.1, 0.15) is 0 Å². The third-order valence-corrected chi connectivity index (χ3v) is 4.91. The van der Waals surface area contributed by atoms with Gasteiger partial charge in [-0.25, -0.2) is 0 Å². The summed E-state index contributed by atoms with van der Waals surface area (Å²) in [6.07, 6.45) is 0.505. The fraction of sp³-hybridized carbons (Fsp3) is 0.105. The number of rotatable bonds is 1. The van der Waals surface area contributed by atoms with Gasteiger partial charge in [-0.15, -0.1) is 0 Å². The molecule has 0 unspecified atom stereocenters. The molecule has 3 aromatic rings. The first kappa shape index (κ1) is 13.8. The summed E-state index contributed by atoms with van der Waals surface area (Å²) in [5.41, 5.74) is 3.39. The van der Waals surface area contributed by atoms with Crippen molar-refractivity contribution in [3.63, 3.8) is 0 Å². The van der Waals surface area contributed by atoms with Crippen molar-refractivity contribution in [3.8, 4) is 0 Å². The van der Waals surface area contributed by atoms with Crippen molar-refractivity contribution in [1.82, 2.24) is 0 Å². The van der Waals surface area contributed by atoms with E-state index in [4.69, 9.17) is 0 Å². The van der Waals surface area contributed by atoms with Crippen LogP contribution >= 0.6 is 22.6 Å². The molecule has 0 bridgehead atoms. The number of hydrogen-bond acceptors (Lipinski definition) is 1. The minimum absolute atomic E-state index is 0.0905. The number of amides is 1. The molecule has 0 aromatic heterocycles. The highest BCUT2D eigenvalue weighted by molar-refractivity contribution is 14.1. The molecule has 0 fully saturated rings. The van der Waals surface area contributed by atoms with Crippen molar-refractivity contribution in [2.45, 2.75) is 12.3 Å². The molecule has 1 aliphatic rings. The first-order valence-corrected chi connectivity index (χ1v) is 8.37. The average Bonchev–Trinajstić information content (AvgIpc) is 2.54. The molecule has 3 aromatic carbocycles. The number of anilines is 1. The third-order valence-electron chi connectivity index (χ3n) is 4.24. The summed E-state index contributed by atoms with van der Waals surface area (Å²) >= 11 is 2.32. The molecule has 1 heterocycles. The van der Waals surface area contributed by atoms with E-state index < -0.39 is 0 Å². The highest BCUT2D eigenvalue weighted by atomic mass is 127. The van der Waals surface area contributed by atoms with E-state index in [0.29, 0.717) is 6.42 Å². The van der Waals surface area contributed by atoms with Gasteiger partial charge in [0, 0.05) is 21.3 Å². The lowest BCUT2D eigenvalue weighted by molar-refractivity contribution is -0.116. The Bertz CT molecular complexity index is 887. The maximum Gasteiger partial charge on any atom is 0.225 e. The highest BCUT2D eigenvalue weighted by Gasteiger charge is 2.27. The van der Waals surface area contributed by atoms with E-state index in [-0.39, 0.29) is 11.8 Å². The minimum Gasteiger partial charge on any atom is -0.325 e. The van der Waals surface area contributed by atoms with E-state index in [9.17, 15) is 4.79 Å². The van der Waals surface area contributed by atoms with E-state index in [1.807, 2.05) is 12.1 Å².